The Morgan fingerprint density at radius 2 is 1.51 bits per heavy atom. The number of nitrogens with zero attached hydrogens (tertiary/aromatic N) is 2. The molecular formula is C27H37N3O8S. The van der Waals surface area contributed by atoms with Gasteiger partial charge in [-0.3, -0.25) is 14.9 Å². The second-order valence-electron chi connectivity index (χ2n) is 11.0. The number of sulfonamides is 1. The van der Waals surface area contributed by atoms with E-state index in [0.717, 1.165) is 22.0 Å². The van der Waals surface area contributed by atoms with Crippen LogP contribution in [0, 0.1) is 10.1 Å². The van der Waals surface area contributed by atoms with Gasteiger partial charge >= 0.3 is 12.1 Å². The van der Waals surface area contributed by atoms with Crippen LogP contribution in [0.3, 0.4) is 0 Å². The zero-order chi connectivity index (χ0) is 29.4. The highest BCUT2D eigenvalue weighted by Gasteiger charge is 2.36. The van der Waals surface area contributed by atoms with Crippen LogP contribution in [-0.2, 0) is 30.7 Å². The zero-order valence-electron chi connectivity index (χ0n) is 23.2. The summed E-state index contributed by atoms with van der Waals surface area (Å²) in [5, 5.41) is 14.3. The number of aryl methyl sites for hydroxylation is 1. The number of carbonyl (C=O) groups is 2. The van der Waals surface area contributed by atoms with Gasteiger partial charge in [-0.2, -0.15) is 4.31 Å². The molecule has 1 amide bonds. The van der Waals surface area contributed by atoms with Gasteiger partial charge < -0.3 is 14.8 Å². The number of amides is 1. The summed E-state index contributed by atoms with van der Waals surface area (Å²) in [5.41, 5.74) is -1.38. The molecule has 2 aromatic carbocycles. The van der Waals surface area contributed by atoms with Gasteiger partial charge in [0.15, 0.2) is 4.90 Å². The van der Waals surface area contributed by atoms with Crippen molar-refractivity contribution in [2.24, 2.45) is 0 Å². The van der Waals surface area contributed by atoms with Gasteiger partial charge in [0.05, 0.1) is 4.92 Å². The highest BCUT2D eigenvalue weighted by Crippen LogP contribution is 2.27. The summed E-state index contributed by atoms with van der Waals surface area (Å²) in [4.78, 5) is 35.7. The van der Waals surface area contributed by atoms with E-state index in [1.807, 2.05) is 30.3 Å². The second kappa shape index (κ2) is 13.0. The number of alkyl carbamates (subject to hydrolysis) is 1. The topological polar surface area (TPSA) is 145 Å². The summed E-state index contributed by atoms with van der Waals surface area (Å²) >= 11 is 0. The van der Waals surface area contributed by atoms with Crippen LogP contribution in [0.1, 0.15) is 53.5 Å². The van der Waals surface area contributed by atoms with Crippen molar-refractivity contribution in [3.8, 4) is 0 Å². The van der Waals surface area contributed by atoms with Crippen LogP contribution in [0.4, 0.5) is 10.5 Å². The van der Waals surface area contributed by atoms with Crippen LogP contribution in [0.5, 0.6) is 0 Å². The molecule has 11 nitrogen and oxygen atoms in total. The maximum atomic E-state index is 13.8. The van der Waals surface area contributed by atoms with E-state index in [4.69, 9.17) is 9.47 Å². The van der Waals surface area contributed by atoms with Crippen molar-refractivity contribution in [1.29, 1.82) is 0 Å². The molecule has 0 aliphatic rings. The third-order valence-electron chi connectivity index (χ3n) is 5.17. The lowest BCUT2D eigenvalue weighted by atomic mass is 10.1. The Kier molecular flexibility index (Phi) is 10.6. The fourth-order valence-corrected chi connectivity index (χ4v) is 5.23. The number of ether oxygens (including phenoxy) is 2. The predicted octanol–water partition coefficient (Wildman–Crippen LogP) is 4.45. The summed E-state index contributed by atoms with van der Waals surface area (Å²) in [6.45, 7) is 8.91. The molecule has 2 rings (SSSR count). The van der Waals surface area contributed by atoms with Gasteiger partial charge in [0, 0.05) is 18.7 Å². The highest BCUT2D eigenvalue weighted by molar-refractivity contribution is 7.89. The molecule has 0 bridgehead atoms. The van der Waals surface area contributed by atoms with Gasteiger partial charge in [-0.1, -0.05) is 42.5 Å². The van der Waals surface area contributed by atoms with E-state index < -0.39 is 61.4 Å². The molecule has 0 aromatic heterocycles. The summed E-state index contributed by atoms with van der Waals surface area (Å²) in [7, 11) is -4.58. The third-order valence-corrected chi connectivity index (χ3v) is 7.03. The number of nitro benzene ring substituents is 1. The Morgan fingerprint density at radius 3 is 2.08 bits per heavy atom. The van der Waals surface area contributed by atoms with Crippen LogP contribution in [0.15, 0.2) is 59.5 Å². The molecule has 2 aromatic rings. The first-order valence-electron chi connectivity index (χ1n) is 12.5. The van der Waals surface area contributed by atoms with E-state index >= 15 is 0 Å². The van der Waals surface area contributed by atoms with E-state index in [-0.39, 0.29) is 6.54 Å². The lowest BCUT2D eigenvalue weighted by Gasteiger charge is -2.29. The van der Waals surface area contributed by atoms with Crippen molar-refractivity contribution in [3.63, 3.8) is 0 Å². The molecular weight excluding hydrogens is 526 g/mol. The zero-order valence-corrected chi connectivity index (χ0v) is 24.0. The molecule has 0 radical (unpaired) electrons. The fourth-order valence-electron chi connectivity index (χ4n) is 3.65. The van der Waals surface area contributed by atoms with Gasteiger partial charge in [-0.05, 0) is 66.0 Å². The predicted molar refractivity (Wildman–Crippen MR) is 146 cm³/mol. The molecule has 214 valence electrons. The van der Waals surface area contributed by atoms with Crippen LogP contribution in [0.25, 0.3) is 0 Å². The molecule has 12 heteroatoms. The second-order valence-corrected chi connectivity index (χ2v) is 12.9. The van der Waals surface area contributed by atoms with Crippen molar-refractivity contribution in [2.75, 3.05) is 13.1 Å². The number of benzene rings is 2. The first-order chi connectivity index (χ1) is 18.0. The Labute approximate surface area is 229 Å². The fraction of sp³-hybridized carbons (Fsp3) is 0.481. The molecule has 0 saturated heterocycles. The molecule has 0 heterocycles. The molecule has 0 aliphatic heterocycles. The largest absolute Gasteiger partial charge is 0.459 e. The summed E-state index contributed by atoms with van der Waals surface area (Å²) in [6, 6.07) is 13.5. The Hall–Kier alpha value is -3.51. The maximum absolute atomic E-state index is 13.8. The van der Waals surface area contributed by atoms with E-state index in [2.05, 4.69) is 5.32 Å². The summed E-state index contributed by atoms with van der Waals surface area (Å²) in [6.07, 6.45) is 0.00834. The molecule has 0 unspecified atom stereocenters. The summed E-state index contributed by atoms with van der Waals surface area (Å²) in [5.74, 6) is -0.844. The minimum absolute atomic E-state index is 0.292. The molecule has 39 heavy (non-hydrogen) atoms. The molecule has 1 atom stereocenters. The number of nitro groups is 1. The van der Waals surface area contributed by atoms with Crippen LogP contribution < -0.4 is 5.32 Å². The average molecular weight is 564 g/mol. The van der Waals surface area contributed by atoms with Crippen molar-refractivity contribution in [1.82, 2.24) is 9.62 Å². The van der Waals surface area contributed by atoms with Gasteiger partial charge in [0.25, 0.3) is 15.7 Å². The van der Waals surface area contributed by atoms with Crippen molar-refractivity contribution in [2.45, 2.75) is 76.5 Å². The number of rotatable bonds is 11. The molecule has 0 fully saturated rings. The molecule has 0 spiro atoms. The van der Waals surface area contributed by atoms with Crippen LogP contribution >= 0.6 is 0 Å². The number of hydrogen-bond donors (Lipinski definition) is 1. The first-order valence-corrected chi connectivity index (χ1v) is 13.9. The third kappa shape index (κ3) is 10.6. The molecule has 1 N–H and O–H groups in total. The number of carbonyl (C=O) groups excluding carboxylic acids is 2. The smallest absolute Gasteiger partial charge is 0.407 e. The Bertz CT molecular complexity index is 1250. The van der Waals surface area contributed by atoms with Crippen molar-refractivity contribution in [3.05, 3.63) is 70.3 Å². The van der Waals surface area contributed by atoms with E-state index in [1.165, 1.54) is 12.1 Å². The van der Waals surface area contributed by atoms with Crippen molar-refractivity contribution < 1.29 is 32.4 Å². The standard InChI is InChI=1S/C27H37N3O8S/c1-26(2,3)37-24(31)19-29(39(35,36)23-15-11-10-14-22(23)30(33)34)18-21(28-25(32)38-27(4,5)6)17-16-20-12-8-7-9-13-20/h7-15,21H,16-19H2,1-6H3,(H,28,32)/t21-/m0/s1. The SMILES string of the molecule is CC(C)(C)OC(=O)CN(C[C@H](CCc1ccccc1)NC(=O)OC(C)(C)C)S(=O)(=O)c1ccccc1[N+](=O)[O-]. The minimum Gasteiger partial charge on any atom is -0.459 e. The Morgan fingerprint density at radius 1 is 0.949 bits per heavy atom. The van der Waals surface area contributed by atoms with E-state index in [9.17, 15) is 28.1 Å². The maximum Gasteiger partial charge on any atom is 0.407 e. The van der Waals surface area contributed by atoms with Gasteiger partial charge in [0.1, 0.15) is 17.7 Å². The van der Waals surface area contributed by atoms with E-state index in [0.29, 0.717) is 12.8 Å². The lowest BCUT2D eigenvalue weighted by molar-refractivity contribution is -0.387. The average Bonchev–Trinajstić information content (AvgIpc) is 2.80. The normalized spacial score (nSPS) is 13.0. The number of nitrogens with one attached hydrogen (secondary N) is 1. The summed E-state index contributed by atoms with van der Waals surface area (Å²) < 4.78 is 39.0. The first kappa shape index (κ1) is 31.7. The van der Waals surface area contributed by atoms with Crippen molar-refractivity contribution >= 4 is 27.8 Å². The quantitative estimate of drug-likeness (QED) is 0.240. The lowest BCUT2D eigenvalue weighted by Crippen LogP contribution is -2.49. The van der Waals surface area contributed by atoms with E-state index in [1.54, 1.807) is 41.5 Å². The van der Waals surface area contributed by atoms with Crippen LogP contribution in [-0.4, -0.2) is 60.0 Å². The number of esters is 1. The highest BCUT2D eigenvalue weighted by atomic mass is 32.2. The Balaban J connectivity index is 2.47. The van der Waals surface area contributed by atoms with Gasteiger partial charge in [-0.15, -0.1) is 0 Å². The minimum atomic E-state index is -4.58. The monoisotopic (exact) mass is 563 g/mol. The van der Waals surface area contributed by atoms with Crippen LogP contribution in [0.2, 0.25) is 0 Å². The molecule has 0 saturated carbocycles. The molecule has 0 aliphatic carbocycles. The number of para-hydroxylation sites is 1. The number of hydrogen-bond acceptors (Lipinski definition) is 8. The van der Waals surface area contributed by atoms with Gasteiger partial charge in [0.2, 0.25) is 0 Å². The van der Waals surface area contributed by atoms with Gasteiger partial charge in [-0.25, -0.2) is 13.2 Å².